The number of rotatable bonds is 9. The second kappa shape index (κ2) is 10.6. The number of methoxy groups -OCH3 is 1. The second-order valence-corrected chi connectivity index (χ2v) is 7.14. The van der Waals surface area contributed by atoms with Gasteiger partial charge in [-0.2, -0.15) is 0 Å². The van der Waals surface area contributed by atoms with Gasteiger partial charge in [-0.05, 0) is 68.1 Å². The van der Waals surface area contributed by atoms with Crippen molar-refractivity contribution in [1.29, 1.82) is 0 Å². The molecule has 0 radical (unpaired) electrons. The van der Waals surface area contributed by atoms with Gasteiger partial charge in [-0.25, -0.2) is 4.79 Å². The van der Waals surface area contributed by atoms with E-state index in [9.17, 15) is 4.79 Å². The van der Waals surface area contributed by atoms with E-state index >= 15 is 0 Å². The summed E-state index contributed by atoms with van der Waals surface area (Å²) in [5.74, 6) is 1.74. The molecule has 1 aliphatic carbocycles. The van der Waals surface area contributed by atoms with Crippen molar-refractivity contribution in [3.8, 4) is 17.2 Å². The van der Waals surface area contributed by atoms with E-state index in [0.717, 1.165) is 37.2 Å². The van der Waals surface area contributed by atoms with Crippen LogP contribution in [0.5, 0.6) is 17.2 Å². The predicted octanol–water partition coefficient (Wildman–Crippen LogP) is 4.61. The molecule has 29 heavy (non-hydrogen) atoms. The van der Waals surface area contributed by atoms with E-state index in [0.29, 0.717) is 36.6 Å². The number of carbonyl (C=O) groups is 1. The number of hydrogen-bond donors (Lipinski definition) is 1. The van der Waals surface area contributed by atoms with E-state index < -0.39 is 0 Å². The number of esters is 1. The van der Waals surface area contributed by atoms with Crippen LogP contribution in [0.25, 0.3) is 0 Å². The molecule has 1 aliphatic rings. The zero-order chi connectivity index (χ0) is 20.5. The van der Waals surface area contributed by atoms with Crippen LogP contribution in [0.2, 0.25) is 0 Å². The topological polar surface area (TPSA) is 80.0 Å². The number of ether oxygens (including phenoxy) is 4. The van der Waals surface area contributed by atoms with Gasteiger partial charge in [0.2, 0.25) is 0 Å². The maximum absolute atomic E-state index is 12.4. The van der Waals surface area contributed by atoms with Crippen LogP contribution in [0.4, 0.5) is 5.69 Å². The summed E-state index contributed by atoms with van der Waals surface area (Å²) in [6.45, 7) is 0.942. The van der Waals surface area contributed by atoms with Crippen molar-refractivity contribution in [3.05, 3.63) is 48.0 Å². The molecule has 0 unspecified atom stereocenters. The molecule has 0 amide bonds. The van der Waals surface area contributed by atoms with Gasteiger partial charge < -0.3 is 24.7 Å². The lowest BCUT2D eigenvalue weighted by molar-refractivity contribution is 0.0210. The molecule has 0 aliphatic heterocycles. The minimum absolute atomic E-state index is 0.0216. The fraction of sp³-hybridized carbons (Fsp3) is 0.435. The number of anilines is 1. The van der Waals surface area contributed by atoms with Gasteiger partial charge in [-0.15, -0.1) is 0 Å². The number of nitrogens with two attached hydrogens (primary N) is 1. The Morgan fingerprint density at radius 2 is 1.66 bits per heavy atom. The van der Waals surface area contributed by atoms with E-state index in [1.54, 1.807) is 25.3 Å². The first-order valence-electron chi connectivity index (χ1n) is 10.2. The van der Waals surface area contributed by atoms with Gasteiger partial charge >= 0.3 is 5.97 Å². The van der Waals surface area contributed by atoms with E-state index in [2.05, 4.69) is 0 Å². The maximum Gasteiger partial charge on any atom is 0.338 e. The normalized spacial score (nSPS) is 14.2. The number of nitrogen functional groups attached to an aromatic ring is 1. The molecule has 0 heterocycles. The summed E-state index contributed by atoms with van der Waals surface area (Å²) >= 11 is 0. The van der Waals surface area contributed by atoms with Gasteiger partial charge in [-0.3, -0.25) is 0 Å². The molecule has 6 nitrogen and oxygen atoms in total. The molecule has 2 N–H and O–H groups in total. The van der Waals surface area contributed by atoms with E-state index in [1.165, 1.54) is 6.42 Å². The van der Waals surface area contributed by atoms with E-state index in [4.69, 9.17) is 24.7 Å². The Balaban J connectivity index is 1.44. The SMILES string of the molecule is COc1ccc(OCCCOc2cc(C(=O)OC3CCCCC3)ccc2N)cc1. The molecule has 2 aromatic rings. The standard InChI is InChI=1S/C23H29NO5/c1-26-18-9-11-19(12-10-18)27-14-5-15-28-22-16-17(8-13-21(22)24)23(25)29-20-6-3-2-4-7-20/h8-13,16,20H,2-7,14-15,24H2,1H3. The first-order valence-corrected chi connectivity index (χ1v) is 10.2. The molecular weight excluding hydrogens is 370 g/mol. The van der Waals surface area contributed by atoms with Gasteiger partial charge in [0, 0.05) is 6.42 Å². The van der Waals surface area contributed by atoms with E-state index in [1.807, 2.05) is 24.3 Å². The quantitative estimate of drug-likeness (QED) is 0.377. The van der Waals surface area contributed by atoms with Gasteiger partial charge in [0.1, 0.15) is 23.4 Å². The molecule has 0 spiro atoms. The molecule has 0 atom stereocenters. The van der Waals surface area contributed by atoms with Gasteiger partial charge in [-0.1, -0.05) is 6.42 Å². The summed E-state index contributed by atoms with van der Waals surface area (Å²) in [6, 6.07) is 12.4. The predicted molar refractivity (Wildman–Crippen MR) is 112 cm³/mol. The van der Waals surface area contributed by atoms with Crippen molar-refractivity contribution in [2.24, 2.45) is 0 Å². The molecule has 1 fully saturated rings. The smallest absolute Gasteiger partial charge is 0.338 e. The summed E-state index contributed by atoms with van der Waals surface area (Å²) in [6.07, 6.45) is 6.04. The molecule has 1 saturated carbocycles. The Morgan fingerprint density at radius 1 is 0.966 bits per heavy atom. The van der Waals surface area contributed by atoms with Crippen LogP contribution >= 0.6 is 0 Å². The Kier molecular flexibility index (Phi) is 7.61. The van der Waals surface area contributed by atoms with Crippen LogP contribution in [0.1, 0.15) is 48.9 Å². The number of hydrogen-bond acceptors (Lipinski definition) is 6. The molecular formula is C23H29NO5. The molecule has 2 aromatic carbocycles. The minimum atomic E-state index is -0.315. The van der Waals surface area contributed by atoms with Crippen LogP contribution in [0, 0.1) is 0 Å². The third-order valence-electron chi connectivity index (χ3n) is 4.95. The molecule has 0 aromatic heterocycles. The summed E-state index contributed by atoms with van der Waals surface area (Å²) in [4.78, 5) is 12.4. The van der Waals surface area contributed by atoms with Crippen molar-refractivity contribution >= 4 is 11.7 Å². The lowest BCUT2D eigenvalue weighted by Gasteiger charge is -2.22. The van der Waals surface area contributed by atoms with Crippen molar-refractivity contribution in [2.75, 3.05) is 26.1 Å². The maximum atomic E-state index is 12.4. The van der Waals surface area contributed by atoms with Crippen LogP contribution in [-0.2, 0) is 4.74 Å². The Labute approximate surface area is 171 Å². The Morgan fingerprint density at radius 3 is 2.38 bits per heavy atom. The lowest BCUT2D eigenvalue weighted by atomic mass is 9.98. The average Bonchev–Trinajstić information content (AvgIpc) is 2.75. The van der Waals surface area contributed by atoms with Gasteiger partial charge in [0.15, 0.2) is 0 Å². The van der Waals surface area contributed by atoms with Crippen molar-refractivity contribution < 1.29 is 23.7 Å². The molecule has 156 valence electrons. The molecule has 3 rings (SSSR count). The summed E-state index contributed by atoms with van der Waals surface area (Å²) < 4.78 is 22.2. The fourth-order valence-electron chi connectivity index (χ4n) is 3.29. The largest absolute Gasteiger partial charge is 0.497 e. The highest BCUT2D eigenvalue weighted by atomic mass is 16.5. The van der Waals surface area contributed by atoms with Crippen LogP contribution in [0.3, 0.4) is 0 Å². The number of carbonyl (C=O) groups excluding carboxylic acids is 1. The van der Waals surface area contributed by atoms with Crippen LogP contribution in [-0.4, -0.2) is 32.4 Å². The average molecular weight is 399 g/mol. The van der Waals surface area contributed by atoms with Crippen molar-refractivity contribution in [1.82, 2.24) is 0 Å². The van der Waals surface area contributed by atoms with Crippen LogP contribution in [0.15, 0.2) is 42.5 Å². The highest BCUT2D eigenvalue weighted by molar-refractivity contribution is 5.90. The number of benzene rings is 2. The minimum Gasteiger partial charge on any atom is -0.497 e. The third kappa shape index (κ3) is 6.31. The summed E-state index contributed by atoms with van der Waals surface area (Å²) in [5, 5.41) is 0. The monoisotopic (exact) mass is 399 g/mol. The first-order chi connectivity index (χ1) is 14.2. The van der Waals surface area contributed by atoms with E-state index in [-0.39, 0.29) is 12.1 Å². The van der Waals surface area contributed by atoms with Crippen LogP contribution < -0.4 is 19.9 Å². The van der Waals surface area contributed by atoms with Crippen molar-refractivity contribution in [3.63, 3.8) is 0 Å². The highest BCUT2D eigenvalue weighted by Gasteiger charge is 2.19. The Hall–Kier alpha value is -2.89. The van der Waals surface area contributed by atoms with Gasteiger partial charge in [0.05, 0.1) is 31.6 Å². The lowest BCUT2D eigenvalue weighted by Crippen LogP contribution is -2.21. The molecule has 6 heteroatoms. The Bertz CT molecular complexity index is 784. The fourth-order valence-corrected chi connectivity index (χ4v) is 3.29. The molecule has 0 bridgehead atoms. The zero-order valence-corrected chi connectivity index (χ0v) is 16.9. The second-order valence-electron chi connectivity index (χ2n) is 7.14. The summed E-state index contributed by atoms with van der Waals surface area (Å²) in [7, 11) is 1.63. The van der Waals surface area contributed by atoms with Crippen molar-refractivity contribution in [2.45, 2.75) is 44.6 Å². The third-order valence-corrected chi connectivity index (χ3v) is 4.95. The first kappa shape index (κ1) is 20.8. The zero-order valence-electron chi connectivity index (χ0n) is 16.9. The summed E-state index contributed by atoms with van der Waals surface area (Å²) in [5.41, 5.74) is 6.95. The highest BCUT2D eigenvalue weighted by Crippen LogP contribution is 2.26. The molecule has 0 saturated heterocycles. The van der Waals surface area contributed by atoms with Gasteiger partial charge in [0.25, 0.3) is 0 Å².